The molecule has 1 unspecified atom stereocenters. The number of methoxy groups -OCH3 is 1. The SMILES string of the molecule is COc1ccc(SC)cc1CN[C@@H]1[C@@H]2CCN([C@@H]1C(c1ccccc1)c1ccccc1)[C@@](C)(C(=O)O)C2.Cl.Cl. The Kier molecular flexibility index (Phi) is 10.8. The van der Waals surface area contributed by atoms with Crippen LogP contribution in [0.15, 0.2) is 83.8 Å². The van der Waals surface area contributed by atoms with Crippen LogP contribution in [-0.4, -0.2) is 53.5 Å². The van der Waals surface area contributed by atoms with E-state index >= 15 is 0 Å². The summed E-state index contributed by atoms with van der Waals surface area (Å²) < 4.78 is 5.69. The topological polar surface area (TPSA) is 61.8 Å². The zero-order chi connectivity index (χ0) is 26.0. The minimum Gasteiger partial charge on any atom is -0.496 e. The van der Waals surface area contributed by atoms with Gasteiger partial charge < -0.3 is 15.2 Å². The Bertz CT molecular complexity index is 1190. The second-order valence-corrected chi connectivity index (χ2v) is 11.3. The van der Waals surface area contributed by atoms with Crippen LogP contribution in [0.2, 0.25) is 0 Å². The Morgan fingerprint density at radius 3 is 2.23 bits per heavy atom. The number of hydrogen-bond acceptors (Lipinski definition) is 5. The molecule has 0 saturated carbocycles. The number of carboxylic acid groups (broad SMARTS) is 1. The third-order valence-electron chi connectivity index (χ3n) is 8.41. The highest BCUT2D eigenvalue weighted by Crippen LogP contribution is 2.48. The summed E-state index contributed by atoms with van der Waals surface area (Å²) in [6, 6.07) is 27.6. The lowest BCUT2D eigenvalue weighted by atomic mass is 9.64. The van der Waals surface area contributed by atoms with Crippen LogP contribution in [0.3, 0.4) is 0 Å². The van der Waals surface area contributed by atoms with Crippen LogP contribution in [0.5, 0.6) is 5.75 Å². The quantitative estimate of drug-likeness (QED) is 0.279. The first-order valence-corrected chi connectivity index (χ1v) is 14.2. The monoisotopic (exact) mass is 588 g/mol. The van der Waals surface area contributed by atoms with Crippen molar-refractivity contribution in [2.24, 2.45) is 5.92 Å². The molecule has 3 heterocycles. The van der Waals surface area contributed by atoms with E-state index in [9.17, 15) is 9.90 Å². The van der Waals surface area contributed by atoms with Gasteiger partial charge in [0.1, 0.15) is 11.3 Å². The number of rotatable bonds is 9. The number of piperidine rings is 3. The number of carbonyl (C=O) groups is 1. The maximum Gasteiger partial charge on any atom is 0.323 e. The van der Waals surface area contributed by atoms with Gasteiger partial charge in [-0.3, -0.25) is 9.69 Å². The van der Waals surface area contributed by atoms with Gasteiger partial charge in [-0.1, -0.05) is 60.7 Å². The molecule has 0 aliphatic carbocycles. The molecular formula is C31H38Cl2N2O3S. The molecular weight excluding hydrogens is 551 g/mol. The summed E-state index contributed by atoms with van der Waals surface area (Å²) in [5, 5.41) is 14.3. The van der Waals surface area contributed by atoms with Crippen molar-refractivity contribution >= 4 is 42.5 Å². The first-order valence-electron chi connectivity index (χ1n) is 13.0. The van der Waals surface area contributed by atoms with Crippen molar-refractivity contribution in [1.29, 1.82) is 0 Å². The summed E-state index contributed by atoms with van der Waals surface area (Å²) in [6.45, 7) is 3.38. The summed E-state index contributed by atoms with van der Waals surface area (Å²) >= 11 is 1.72. The van der Waals surface area contributed by atoms with E-state index in [1.807, 2.05) is 25.1 Å². The zero-order valence-electron chi connectivity index (χ0n) is 22.6. The van der Waals surface area contributed by atoms with E-state index in [1.165, 1.54) is 16.0 Å². The predicted molar refractivity (Wildman–Crippen MR) is 164 cm³/mol. The number of thioether (sulfide) groups is 1. The maximum absolute atomic E-state index is 12.7. The second kappa shape index (κ2) is 13.4. The Balaban J connectivity index is 0.00000210. The van der Waals surface area contributed by atoms with Crippen LogP contribution in [-0.2, 0) is 11.3 Å². The lowest BCUT2D eigenvalue weighted by molar-refractivity contribution is -0.167. The third-order valence-corrected chi connectivity index (χ3v) is 9.13. The van der Waals surface area contributed by atoms with Gasteiger partial charge in [-0.05, 0) is 67.8 Å². The molecule has 210 valence electrons. The number of ether oxygens (including phenoxy) is 1. The second-order valence-electron chi connectivity index (χ2n) is 10.4. The molecule has 3 aromatic rings. The van der Waals surface area contributed by atoms with E-state index in [4.69, 9.17) is 4.74 Å². The molecule has 0 spiro atoms. The van der Waals surface area contributed by atoms with E-state index in [0.717, 1.165) is 24.3 Å². The number of nitrogens with zero attached hydrogens (tertiary/aromatic N) is 1. The molecule has 39 heavy (non-hydrogen) atoms. The summed E-state index contributed by atoms with van der Waals surface area (Å²) in [4.78, 5) is 16.2. The lowest BCUT2D eigenvalue weighted by Crippen LogP contribution is -2.73. The smallest absolute Gasteiger partial charge is 0.323 e. The summed E-state index contributed by atoms with van der Waals surface area (Å²) in [5.74, 6) is 0.456. The van der Waals surface area contributed by atoms with Crippen molar-refractivity contribution < 1.29 is 14.6 Å². The molecule has 0 amide bonds. The highest BCUT2D eigenvalue weighted by molar-refractivity contribution is 7.98. The van der Waals surface area contributed by atoms with Crippen molar-refractivity contribution in [3.05, 3.63) is 95.6 Å². The van der Waals surface area contributed by atoms with Crippen LogP contribution in [0.1, 0.15) is 42.4 Å². The van der Waals surface area contributed by atoms with Crippen molar-refractivity contribution in [2.45, 2.75) is 54.7 Å². The number of halogens is 2. The zero-order valence-corrected chi connectivity index (χ0v) is 25.0. The van der Waals surface area contributed by atoms with Crippen LogP contribution in [0, 0.1) is 5.92 Å². The fourth-order valence-corrected chi connectivity index (χ4v) is 7.04. The Labute approximate surface area is 248 Å². The number of benzene rings is 3. The van der Waals surface area contributed by atoms with Crippen LogP contribution >= 0.6 is 36.6 Å². The van der Waals surface area contributed by atoms with Crippen molar-refractivity contribution in [3.8, 4) is 5.75 Å². The van der Waals surface area contributed by atoms with Crippen LogP contribution in [0.4, 0.5) is 0 Å². The van der Waals surface area contributed by atoms with Crippen LogP contribution < -0.4 is 10.1 Å². The molecule has 3 saturated heterocycles. The lowest BCUT2D eigenvalue weighted by Gasteiger charge is -2.60. The van der Waals surface area contributed by atoms with E-state index in [1.54, 1.807) is 18.9 Å². The summed E-state index contributed by atoms with van der Waals surface area (Å²) in [7, 11) is 1.72. The summed E-state index contributed by atoms with van der Waals surface area (Å²) in [5.41, 5.74) is 2.67. The molecule has 3 fully saturated rings. The van der Waals surface area contributed by atoms with Gasteiger partial charge in [-0.25, -0.2) is 0 Å². The number of carboxylic acids is 1. The van der Waals surface area contributed by atoms with Crippen molar-refractivity contribution in [3.63, 3.8) is 0 Å². The van der Waals surface area contributed by atoms with E-state index < -0.39 is 11.5 Å². The first kappa shape index (κ1) is 31.3. The van der Waals surface area contributed by atoms with Crippen molar-refractivity contribution in [2.75, 3.05) is 19.9 Å². The third kappa shape index (κ3) is 6.10. The molecule has 5 nitrogen and oxygen atoms in total. The molecule has 0 radical (unpaired) electrons. The van der Waals surface area contributed by atoms with Crippen LogP contribution in [0.25, 0.3) is 0 Å². The van der Waals surface area contributed by atoms with Gasteiger partial charge in [0.25, 0.3) is 0 Å². The fourth-order valence-electron chi connectivity index (χ4n) is 6.58. The molecule has 8 heteroatoms. The van der Waals surface area contributed by atoms with Gasteiger partial charge >= 0.3 is 5.97 Å². The minimum absolute atomic E-state index is 0. The molecule has 2 N–H and O–H groups in total. The van der Waals surface area contributed by atoms with Gasteiger partial charge in [-0.2, -0.15) is 0 Å². The van der Waals surface area contributed by atoms with E-state index in [2.05, 4.69) is 77.1 Å². The number of aliphatic carboxylic acids is 1. The molecule has 2 bridgehead atoms. The van der Waals surface area contributed by atoms with Crippen molar-refractivity contribution in [1.82, 2.24) is 10.2 Å². The van der Waals surface area contributed by atoms with Gasteiger partial charge in [0.2, 0.25) is 0 Å². The van der Waals surface area contributed by atoms with Gasteiger partial charge in [-0.15, -0.1) is 36.6 Å². The minimum atomic E-state index is -0.885. The predicted octanol–water partition coefficient (Wildman–Crippen LogP) is 6.49. The average Bonchev–Trinajstić information content (AvgIpc) is 2.93. The Hall–Kier alpha value is -2.22. The molecule has 0 aromatic heterocycles. The number of hydrogen-bond donors (Lipinski definition) is 2. The molecule has 3 aliphatic heterocycles. The molecule has 3 aliphatic rings. The summed E-state index contributed by atoms with van der Waals surface area (Å²) in [6.07, 6.45) is 3.73. The molecule has 6 rings (SSSR count). The van der Waals surface area contributed by atoms with Gasteiger partial charge in [0.15, 0.2) is 0 Å². The van der Waals surface area contributed by atoms with Gasteiger partial charge in [0, 0.05) is 35.0 Å². The number of fused-ring (bicyclic) bond motifs is 3. The molecule has 5 atom stereocenters. The van der Waals surface area contributed by atoms with Gasteiger partial charge in [0.05, 0.1) is 7.11 Å². The Morgan fingerprint density at radius 1 is 1.08 bits per heavy atom. The normalized spacial score (nSPS) is 25.4. The average molecular weight is 590 g/mol. The standard InChI is InChI=1S/C31H36N2O3S.2ClH/c1-31(30(34)35)19-23-16-17-33(31)29(27(21-10-6-4-7-11-21)22-12-8-5-9-13-22)28(23)32-20-24-18-25(37-3)14-15-26(24)36-2;;/h4-15,18,23,27-29,32H,16-17,19-20H2,1-3H3,(H,34,35);2*1H/t23-,28-,29-,31-;;/m1../s1. The first-order chi connectivity index (χ1) is 18.0. The Morgan fingerprint density at radius 2 is 1.69 bits per heavy atom. The van der Waals surface area contributed by atoms with E-state index in [0.29, 0.717) is 13.0 Å². The van der Waals surface area contributed by atoms with E-state index in [-0.39, 0.29) is 48.7 Å². The highest BCUT2D eigenvalue weighted by Gasteiger charge is 2.58. The fraction of sp³-hybridized carbons (Fsp3) is 0.387. The number of nitrogens with one attached hydrogen (secondary N) is 1. The largest absolute Gasteiger partial charge is 0.496 e. The maximum atomic E-state index is 12.7. The highest BCUT2D eigenvalue weighted by atomic mass is 35.5. The molecule has 3 aromatic carbocycles.